The molecule has 1 unspecified atom stereocenters. The second-order valence-electron chi connectivity index (χ2n) is 9.06. The van der Waals surface area contributed by atoms with Crippen LogP contribution in [0.25, 0.3) is 0 Å². The third-order valence-corrected chi connectivity index (χ3v) is 6.31. The minimum absolute atomic E-state index is 0.00380. The highest BCUT2D eigenvalue weighted by molar-refractivity contribution is 5.83. The van der Waals surface area contributed by atoms with E-state index in [9.17, 15) is 31.5 Å². The Morgan fingerprint density at radius 2 is 1.75 bits per heavy atom. The first-order valence-electron chi connectivity index (χ1n) is 10.6. The van der Waals surface area contributed by atoms with Crippen LogP contribution < -0.4 is 30.0 Å². The number of nitrogens with two attached hydrogens (primary N) is 1. The third kappa shape index (κ3) is 4.31. The molecule has 0 saturated heterocycles. The lowest BCUT2D eigenvalue weighted by Crippen LogP contribution is -2.80. The molecule has 2 amide bonds. The van der Waals surface area contributed by atoms with E-state index in [1.165, 1.54) is 18.2 Å². The number of aromatic nitrogens is 1. The molecule has 2 heterocycles. The Bertz CT molecular complexity index is 1200. The summed E-state index contributed by atoms with van der Waals surface area (Å²) in [6.45, 7) is -0.445. The first kappa shape index (κ1) is 23.9. The average molecular weight is 515 g/mol. The summed E-state index contributed by atoms with van der Waals surface area (Å²) in [5.41, 5.74) is 3.22. The van der Waals surface area contributed by atoms with E-state index in [1.807, 2.05) is 0 Å². The molecule has 14 heteroatoms. The number of primary amides is 1. The Labute approximate surface area is 199 Å². The van der Waals surface area contributed by atoms with Gasteiger partial charge in [0.25, 0.3) is 11.8 Å². The van der Waals surface area contributed by atoms with Gasteiger partial charge in [0.1, 0.15) is 17.2 Å². The van der Waals surface area contributed by atoms with Gasteiger partial charge < -0.3 is 30.0 Å². The fourth-order valence-corrected chi connectivity index (χ4v) is 5.01. The van der Waals surface area contributed by atoms with Crippen molar-refractivity contribution in [2.75, 3.05) is 6.61 Å². The minimum atomic E-state index is -4.58. The van der Waals surface area contributed by atoms with Gasteiger partial charge in [0.15, 0.2) is 24.2 Å². The van der Waals surface area contributed by atoms with Crippen molar-refractivity contribution >= 4 is 11.8 Å². The fraction of sp³-hybridized carbons (Fsp3) is 0.409. The molecule has 6 rings (SSSR count). The first-order valence-corrected chi connectivity index (χ1v) is 10.6. The van der Waals surface area contributed by atoms with E-state index in [4.69, 9.17) is 15.2 Å². The van der Waals surface area contributed by atoms with E-state index in [2.05, 4.69) is 19.8 Å². The van der Waals surface area contributed by atoms with E-state index in [1.54, 1.807) is 0 Å². The molecule has 2 aromatic rings. The zero-order valence-corrected chi connectivity index (χ0v) is 18.2. The van der Waals surface area contributed by atoms with E-state index in [0.717, 1.165) is 18.3 Å². The Morgan fingerprint density at radius 1 is 1.08 bits per heavy atom. The summed E-state index contributed by atoms with van der Waals surface area (Å²) in [5, 5.41) is 2.80. The molecule has 192 valence electrons. The van der Waals surface area contributed by atoms with Gasteiger partial charge in [-0.2, -0.15) is 13.2 Å². The van der Waals surface area contributed by atoms with Gasteiger partial charge in [-0.25, -0.2) is 4.98 Å². The SMILES string of the molecule is NC(=O)C(Oc1ccc2c(c1)OC(F)(F)O2)C12CC(NC(=O)COc3ccc(C(F)(F)F)nc3)(C1)C2. The lowest BCUT2D eigenvalue weighted by atomic mass is 9.37. The topological polar surface area (TPSA) is 122 Å². The number of hydrogen-bond donors (Lipinski definition) is 2. The van der Waals surface area contributed by atoms with Gasteiger partial charge in [-0.15, -0.1) is 8.78 Å². The van der Waals surface area contributed by atoms with Gasteiger partial charge in [-0.05, 0) is 43.5 Å². The third-order valence-electron chi connectivity index (χ3n) is 6.31. The highest BCUT2D eigenvalue weighted by Gasteiger charge is 2.73. The van der Waals surface area contributed by atoms with Crippen molar-refractivity contribution in [1.82, 2.24) is 10.3 Å². The van der Waals surface area contributed by atoms with Crippen LogP contribution in [0.15, 0.2) is 36.5 Å². The minimum Gasteiger partial charge on any atom is -0.482 e. The van der Waals surface area contributed by atoms with Gasteiger partial charge in [0.05, 0.1) is 6.20 Å². The summed E-state index contributed by atoms with van der Waals surface area (Å²) >= 11 is 0. The maximum atomic E-state index is 13.2. The monoisotopic (exact) mass is 515 g/mol. The lowest BCUT2D eigenvalue weighted by molar-refractivity contribution is -0.286. The molecule has 3 saturated carbocycles. The van der Waals surface area contributed by atoms with Crippen molar-refractivity contribution in [1.29, 1.82) is 0 Å². The van der Waals surface area contributed by atoms with Gasteiger partial charge in [-0.1, -0.05) is 0 Å². The van der Waals surface area contributed by atoms with Crippen LogP contribution in [0.3, 0.4) is 0 Å². The number of pyridine rings is 1. The molecule has 3 aliphatic carbocycles. The molecule has 1 aromatic carbocycles. The van der Waals surface area contributed by atoms with Crippen LogP contribution in [-0.4, -0.2) is 41.3 Å². The molecule has 2 bridgehead atoms. The van der Waals surface area contributed by atoms with Crippen LogP contribution in [0.1, 0.15) is 25.0 Å². The summed E-state index contributed by atoms with van der Waals surface area (Å²) in [6, 6.07) is 5.54. The van der Waals surface area contributed by atoms with Crippen LogP contribution in [0.2, 0.25) is 0 Å². The van der Waals surface area contributed by atoms with Crippen LogP contribution >= 0.6 is 0 Å². The number of alkyl halides is 5. The highest BCUT2D eigenvalue weighted by Crippen LogP contribution is 2.69. The van der Waals surface area contributed by atoms with Crippen LogP contribution in [0, 0.1) is 5.41 Å². The van der Waals surface area contributed by atoms with Crippen LogP contribution in [0.4, 0.5) is 22.0 Å². The van der Waals surface area contributed by atoms with Gasteiger partial charge in [0, 0.05) is 17.0 Å². The van der Waals surface area contributed by atoms with Crippen LogP contribution in [0.5, 0.6) is 23.0 Å². The number of benzene rings is 1. The number of fused-ring (bicyclic) bond motifs is 1. The number of halogens is 5. The summed E-state index contributed by atoms with van der Waals surface area (Å²) in [6.07, 6.45) is -7.45. The molecule has 3 N–H and O–H groups in total. The van der Waals surface area contributed by atoms with Gasteiger partial charge >= 0.3 is 12.5 Å². The number of nitrogens with zero attached hydrogens (tertiary/aromatic N) is 1. The molecule has 0 radical (unpaired) electrons. The first-order chi connectivity index (χ1) is 16.8. The van der Waals surface area contributed by atoms with Crippen molar-refractivity contribution in [3.63, 3.8) is 0 Å². The van der Waals surface area contributed by atoms with Gasteiger partial charge in [-0.3, -0.25) is 9.59 Å². The number of amides is 2. The smallest absolute Gasteiger partial charge is 0.482 e. The normalized spacial score (nSPS) is 25.7. The number of carbonyl (C=O) groups excluding carboxylic acids is 2. The second-order valence-corrected chi connectivity index (χ2v) is 9.06. The average Bonchev–Trinajstić information content (AvgIpc) is 3.05. The van der Waals surface area contributed by atoms with Crippen molar-refractivity contribution in [3.8, 4) is 23.0 Å². The molecule has 1 atom stereocenters. The van der Waals surface area contributed by atoms with E-state index in [-0.39, 0.29) is 23.0 Å². The number of nitrogens with one attached hydrogen (secondary N) is 1. The highest BCUT2D eigenvalue weighted by atomic mass is 19.4. The molecule has 1 aromatic heterocycles. The largest absolute Gasteiger partial charge is 0.586 e. The molecule has 0 spiro atoms. The Hall–Kier alpha value is -3.84. The summed E-state index contributed by atoms with van der Waals surface area (Å²) < 4.78 is 83.8. The molecule has 3 fully saturated rings. The molecule has 4 aliphatic rings. The van der Waals surface area contributed by atoms with Gasteiger partial charge in [0.2, 0.25) is 0 Å². The van der Waals surface area contributed by atoms with E-state index >= 15 is 0 Å². The molecule has 36 heavy (non-hydrogen) atoms. The molecular formula is C22H18F5N3O6. The Morgan fingerprint density at radius 3 is 2.36 bits per heavy atom. The van der Waals surface area contributed by atoms with Crippen molar-refractivity contribution in [2.24, 2.45) is 11.1 Å². The molecule has 1 aliphatic heterocycles. The number of carbonyl (C=O) groups is 2. The number of rotatable bonds is 8. The summed E-state index contributed by atoms with van der Waals surface area (Å²) in [7, 11) is 0. The summed E-state index contributed by atoms with van der Waals surface area (Å²) in [5.74, 6) is -1.60. The quantitative estimate of drug-likeness (QED) is 0.519. The van der Waals surface area contributed by atoms with Crippen molar-refractivity contribution in [3.05, 3.63) is 42.2 Å². The maximum Gasteiger partial charge on any atom is 0.586 e. The van der Waals surface area contributed by atoms with Crippen molar-refractivity contribution < 1.29 is 50.5 Å². The lowest BCUT2D eigenvalue weighted by Gasteiger charge is -2.71. The second kappa shape index (κ2) is 7.83. The molecule has 9 nitrogen and oxygen atoms in total. The van der Waals surface area contributed by atoms with Crippen molar-refractivity contribution in [2.45, 2.75) is 43.4 Å². The van der Waals surface area contributed by atoms with E-state index in [0.29, 0.717) is 19.3 Å². The predicted molar refractivity (Wildman–Crippen MR) is 108 cm³/mol. The standard InChI is InChI=1S/C22H18F5N3O6/c23-21(24,25)15-4-2-12(6-29-15)33-7-16(31)30-20-8-19(9-20,10-20)17(18(28)32)34-11-1-3-13-14(5-11)36-22(26,27)35-13/h1-6,17H,7-10H2,(H2,28,32)(H,30,31). The zero-order chi connectivity index (χ0) is 25.9. The van der Waals surface area contributed by atoms with Crippen LogP contribution in [-0.2, 0) is 15.8 Å². The number of ether oxygens (including phenoxy) is 4. The fourth-order valence-electron chi connectivity index (χ4n) is 5.01. The Balaban J connectivity index is 1.14. The summed E-state index contributed by atoms with van der Waals surface area (Å²) in [4.78, 5) is 27.7. The van der Waals surface area contributed by atoms with E-state index < -0.39 is 53.6 Å². The molecular weight excluding hydrogens is 497 g/mol. The Kier molecular flexibility index (Phi) is 5.20. The maximum absolute atomic E-state index is 13.2. The predicted octanol–water partition coefficient (Wildman–Crippen LogP) is 2.77. The zero-order valence-electron chi connectivity index (χ0n) is 18.2. The number of hydrogen-bond acceptors (Lipinski definition) is 7.